The highest BCUT2D eigenvalue weighted by molar-refractivity contribution is 6.00. The van der Waals surface area contributed by atoms with Gasteiger partial charge in [-0.25, -0.2) is 0 Å². The second-order valence-corrected chi connectivity index (χ2v) is 5.94. The molecule has 1 aliphatic rings. The smallest absolute Gasteiger partial charge is 0.325 e. The molecule has 2 N–H and O–H groups in total. The zero-order valence-electron chi connectivity index (χ0n) is 14.9. The first-order chi connectivity index (χ1) is 12.5. The molecule has 1 aromatic carbocycles. The molecular weight excluding hydrogens is 338 g/mol. The Labute approximate surface area is 151 Å². The Hall–Kier alpha value is -2.90. The van der Waals surface area contributed by atoms with Crippen molar-refractivity contribution in [3.63, 3.8) is 0 Å². The summed E-state index contributed by atoms with van der Waals surface area (Å²) in [7, 11) is 1.24. The number of anilines is 1. The molecule has 8 nitrogen and oxygen atoms in total. The minimum absolute atomic E-state index is 0.0112. The Morgan fingerprint density at radius 1 is 1.31 bits per heavy atom. The summed E-state index contributed by atoms with van der Waals surface area (Å²) in [4.78, 5) is 49.2. The quantitative estimate of drug-likeness (QED) is 0.703. The molecule has 1 fully saturated rings. The lowest BCUT2D eigenvalue weighted by molar-refractivity contribution is -0.139. The van der Waals surface area contributed by atoms with E-state index in [1.807, 2.05) is 6.92 Å². The second-order valence-electron chi connectivity index (χ2n) is 5.94. The van der Waals surface area contributed by atoms with Crippen molar-refractivity contribution >= 4 is 29.4 Å². The van der Waals surface area contributed by atoms with Gasteiger partial charge in [-0.15, -0.1) is 0 Å². The zero-order valence-corrected chi connectivity index (χ0v) is 14.9. The van der Waals surface area contributed by atoms with Gasteiger partial charge in [0.15, 0.2) is 0 Å². The fourth-order valence-corrected chi connectivity index (χ4v) is 2.84. The van der Waals surface area contributed by atoms with E-state index in [9.17, 15) is 19.2 Å². The highest BCUT2D eigenvalue weighted by atomic mass is 16.5. The third-order valence-corrected chi connectivity index (χ3v) is 4.19. The maximum atomic E-state index is 12.5. The predicted molar refractivity (Wildman–Crippen MR) is 94.4 cm³/mol. The van der Waals surface area contributed by atoms with Gasteiger partial charge in [0, 0.05) is 24.2 Å². The molecule has 0 aromatic heterocycles. The van der Waals surface area contributed by atoms with Crippen LogP contribution >= 0.6 is 0 Å². The van der Waals surface area contributed by atoms with Gasteiger partial charge >= 0.3 is 5.97 Å². The van der Waals surface area contributed by atoms with Crippen molar-refractivity contribution in [2.45, 2.75) is 32.2 Å². The molecule has 0 bridgehead atoms. The summed E-state index contributed by atoms with van der Waals surface area (Å²) in [5.41, 5.74) is 0.753. The summed E-state index contributed by atoms with van der Waals surface area (Å²) in [6, 6.07) is 5.85. The van der Waals surface area contributed by atoms with Gasteiger partial charge in [-0.3, -0.25) is 19.2 Å². The second kappa shape index (κ2) is 8.98. The third kappa shape index (κ3) is 4.81. The van der Waals surface area contributed by atoms with Crippen LogP contribution in [0.4, 0.5) is 5.69 Å². The number of carbonyl (C=O) groups is 4. The molecule has 0 aliphatic carbocycles. The lowest BCUT2D eigenvalue weighted by Crippen LogP contribution is -2.44. The van der Waals surface area contributed by atoms with Crippen LogP contribution in [0.3, 0.4) is 0 Å². The molecule has 0 spiro atoms. The Morgan fingerprint density at radius 2 is 2.08 bits per heavy atom. The highest BCUT2D eigenvalue weighted by Gasteiger charge is 2.31. The number of methoxy groups -OCH3 is 1. The molecule has 1 aromatic rings. The van der Waals surface area contributed by atoms with E-state index in [2.05, 4.69) is 15.4 Å². The minimum Gasteiger partial charge on any atom is -0.468 e. The lowest BCUT2D eigenvalue weighted by Gasteiger charge is -2.25. The van der Waals surface area contributed by atoms with Crippen LogP contribution in [0.1, 0.15) is 36.5 Å². The van der Waals surface area contributed by atoms with Crippen LogP contribution < -0.4 is 10.6 Å². The van der Waals surface area contributed by atoms with Crippen molar-refractivity contribution < 1.29 is 23.9 Å². The van der Waals surface area contributed by atoms with Crippen LogP contribution in [0.25, 0.3) is 0 Å². The number of carbonyl (C=O) groups excluding carboxylic acids is 4. The first-order valence-electron chi connectivity index (χ1n) is 8.51. The fourth-order valence-electron chi connectivity index (χ4n) is 2.84. The van der Waals surface area contributed by atoms with Crippen LogP contribution in [0.15, 0.2) is 24.3 Å². The van der Waals surface area contributed by atoms with Gasteiger partial charge in [-0.1, -0.05) is 13.0 Å². The first-order valence-corrected chi connectivity index (χ1v) is 8.51. The SMILES string of the molecule is CCC(C(=O)Nc1cccc(C(=O)NCC(=O)OC)c1)N1CCCC1=O. The molecule has 8 heteroatoms. The van der Waals surface area contributed by atoms with E-state index >= 15 is 0 Å². The van der Waals surface area contributed by atoms with E-state index < -0.39 is 17.9 Å². The normalized spacial score (nSPS) is 14.7. The van der Waals surface area contributed by atoms with Crippen LogP contribution in [0.2, 0.25) is 0 Å². The Morgan fingerprint density at radius 3 is 2.69 bits per heavy atom. The van der Waals surface area contributed by atoms with Gasteiger partial charge in [0.1, 0.15) is 12.6 Å². The summed E-state index contributed by atoms with van der Waals surface area (Å²) < 4.78 is 4.47. The molecule has 1 aliphatic heterocycles. The molecule has 1 atom stereocenters. The van der Waals surface area contributed by atoms with Gasteiger partial charge in [0.05, 0.1) is 7.11 Å². The minimum atomic E-state index is -0.552. The number of hydrogen-bond donors (Lipinski definition) is 2. The monoisotopic (exact) mass is 361 g/mol. The van der Waals surface area contributed by atoms with Crippen molar-refractivity contribution in [3.8, 4) is 0 Å². The summed E-state index contributed by atoms with van der Waals surface area (Å²) in [5, 5.41) is 5.19. The number of benzene rings is 1. The Bertz CT molecular complexity index is 704. The molecule has 0 saturated carbocycles. The first kappa shape index (κ1) is 19.4. The molecule has 3 amide bonds. The van der Waals surface area contributed by atoms with Crippen molar-refractivity contribution in [2.24, 2.45) is 0 Å². The number of nitrogens with one attached hydrogen (secondary N) is 2. The topological polar surface area (TPSA) is 105 Å². The van der Waals surface area contributed by atoms with E-state index in [4.69, 9.17) is 0 Å². The Kier molecular flexibility index (Phi) is 6.71. The average molecular weight is 361 g/mol. The lowest BCUT2D eigenvalue weighted by atomic mass is 10.1. The summed E-state index contributed by atoms with van der Waals surface area (Å²) >= 11 is 0. The van der Waals surface area contributed by atoms with Crippen LogP contribution in [0, 0.1) is 0 Å². The van der Waals surface area contributed by atoms with Gasteiger partial charge in [0.2, 0.25) is 11.8 Å². The van der Waals surface area contributed by atoms with Crippen LogP contribution in [-0.4, -0.2) is 54.8 Å². The number of amides is 3. The fraction of sp³-hybridized carbons (Fsp3) is 0.444. The molecule has 140 valence electrons. The van der Waals surface area contributed by atoms with Gasteiger partial charge in [0.25, 0.3) is 5.91 Å². The predicted octanol–water partition coefficient (Wildman–Crippen LogP) is 0.929. The van der Waals surface area contributed by atoms with Crippen molar-refractivity contribution in [3.05, 3.63) is 29.8 Å². The molecule has 1 heterocycles. The van der Waals surface area contributed by atoms with E-state index in [0.29, 0.717) is 30.6 Å². The summed E-state index contributed by atoms with van der Waals surface area (Å²) in [5.74, 6) is -1.30. The number of esters is 1. The summed E-state index contributed by atoms with van der Waals surface area (Å²) in [6.07, 6.45) is 1.75. The van der Waals surface area contributed by atoms with Gasteiger partial charge < -0.3 is 20.3 Å². The van der Waals surface area contributed by atoms with E-state index in [1.54, 1.807) is 23.1 Å². The molecule has 26 heavy (non-hydrogen) atoms. The summed E-state index contributed by atoms with van der Waals surface area (Å²) in [6.45, 7) is 2.20. The van der Waals surface area contributed by atoms with Crippen molar-refractivity contribution in [1.29, 1.82) is 0 Å². The van der Waals surface area contributed by atoms with E-state index in [-0.39, 0.29) is 18.4 Å². The molecular formula is C18H23N3O5. The molecule has 1 unspecified atom stereocenters. The van der Waals surface area contributed by atoms with E-state index in [0.717, 1.165) is 6.42 Å². The van der Waals surface area contributed by atoms with Crippen LogP contribution in [0.5, 0.6) is 0 Å². The third-order valence-electron chi connectivity index (χ3n) is 4.19. The molecule has 2 rings (SSSR count). The van der Waals surface area contributed by atoms with Crippen LogP contribution in [-0.2, 0) is 19.1 Å². The van der Waals surface area contributed by atoms with Crippen molar-refractivity contribution in [2.75, 3.05) is 25.5 Å². The number of rotatable bonds is 7. The number of nitrogens with zero attached hydrogens (tertiary/aromatic N) is 1. The number of likely N-dealkylation sites (tertiary alicyclic amines) is 1. The Balaban J connectivity index is 2.02. The highest BCUT2D eigenvalue weighted by Crippen LogP contribution is 2.18. The maximum Gasteiger partial charge on any atom is 0.325 e. The number of ether oxygens (including phenoxy) is 1. The van der Waals surface area contributed by atoms with Gasteiger partial charge in [-0.2, -0.15) is 0 Å². The average Bonchev–Trinajstić information content (AvgIpc) is 3.06. The van der Waals surface area contributed by atoms with Crippen molar-refractivity contribution in [1.82, 2.24) is 10.2 Å². The van der Waals surface area contributed by atoms with E-state index in [1.165, 1.54) is 13.2 Å². The largest absolute Gasteiger partial charge is 0.468 e. The van der Waals surface area contributed by atoms with Gasteiger partial charge in [-0.05, 0) is 31.0 Å². The zero-order chi connectivity index (χ0) is 19.1. The number of hydrogen-bond acceptors (Lipinski definition) is 5. The molecule has 0 radical (unpaired) electrons. The maximum absolute atomic E-state index is 12.5. The molecule has 1 saturated heterocycles. The standard InChI is InChI=1S/C18H23N3O5/c1-3-14(21-9-5-8-15(21)22)18(25)20-13-7-4-6-12(10-13)17(24)19-11-16(23)26-2/h4,6-7,10,14H,3,5,8-9,11H2,1-2H3,(H,19,24)(H,20,25).